The van der Waals surface area contributed by atoms with Crippen molar-refractivity contribution in [2.45, 2.75) is 32.2 Å². The summed E-state index contributed by atoms with van der Waals surface area (Å²) in [6.07, 6.45) is 8.89. The number of hydrogen-bond acceptors (Lipinski definition) is 3. The van der Waals surface area contributed by atoms with Gasteiger partial charge in [-0.2, -0.15) is 0 Å². The smallest absolute Gasteiger partial charge is 0.115 e. The van der Waals surface area contributed by atoms with Gasteiger partial charge in [-0.3, -0.25) is 0 Å². The zero-order chi connectivity index (χ0) is 11.0. The van der Waals surface area contributed by atoms with E-state index in [-0.39, 0.29) is 25.4 Å². The monoisotopic (exact) mass is 196 g/mol. The van der Waals surface area contributed by atoms with Gasteiger partial charge in [0, 0.05) is 0 Å². The summed E-state index contributed by atoms with van der Waals surface area (Å²) in [6.45, 7) is 3.78. The Bertz CT molecular complexity index is 200. The Morgan fingerprint density at radius 2 is 1.43 bits per heavy atom. The zero-order valence-electron chi connectivity index (χ0n) is 8.56. The molecule has 0 saturated carbocycles. The summed E-state index contributed by atoms with van der Waals surface area (Å²) in [4.78, 5) is 0. The summed E-state index contributed by atoms with van der Waals surface area (Å²) in [6, 6.07) is 0. The van der Waals surface area contributed by atoms with E-state index in [2.05, 4.69) is 11.8 Å². The van der Waals surface area contributed by atoms with Crippen molar-refractivity contribution in [1.29, 1.82) is 0 Å². The number of aliphatic hydroxyl groups excluding tert-OH is 1. The molecule has 0 aromatic heterocycles. The van der Waals surface area contributed by atoms with Crippen molar-refractivity contribution in [3.05, 3.63) is 0 Å². The van der Waals surface area contributed by atoms with Crippen molar-refractivity contribution >= 4 is 0 Å². The predicted molar refractivity (Wildman–Crippen MR) is 54.5 cm³/mol. The summed E-state index contributed by atoms with van der Waals surface area (Å²) in [7, 11) is 0. The molecule has 0 aromatic carbocycles. The maximum Gasteiger partial charge on any atom is 0.115 e. The Balaban J connectivity index is 3.53. The van der Waals surface area contributed by atoms with Gasteiger partial charge in [-0.15, -0.1) is 12.8 Å². The molecule has 3 heteroatoms. The van der Waals surface area contributed by atoms with E-state index in [1.54, 1.807) is 13.8 Å². The molecule has 1 N–H and O–H groups in total. The molecule has 3 nitrogen and oxygen atoms in total. The Hall–Kier alpha value is -1.00. The van der Waals surface area contributed by atoms with Gasteiger partial charge in [0.1, 0.15) is 18.3 Å². The van der Waals surface area contributed by atoms with Crippen molar-refractivity contribution in [2.75, 3.05) is 13.2 Å². The molecular formula is C11H16O3. The minimum absolute atomic E-state index is 0.155. The topological polar surface area (TPSA) is 38.7 Å². The maximum atomic E-state index is 9.35. The highest BCUT2D eigenvalue weighted by Crippen LogP contribution is 1.95. The first-order valence-corrected chi connectivity index (χ1v) is 4.43. The lowest BCUT2D eigenvalue weighted by atomic mass is 10.3. The molecule has 0 spiro atoms. The van der Waals surface area contributed by atoms with Crippen LogP contribution in [0, 0.1) is 24.7 Å². The van der Waals surface area contributed by atoms with Crippen LogP contribution in [0.4, 0.5) is 0 Å². The highest BCUT2D eigenvalue weighted by atomic mass is 16.5. The summed E-state index contributed by atoms with van der Waals surface area (Å²) in [5.41, 5.74) is 0. The number of hydrogen-bond donors (Lipinski definition) is 1. The van der Waals surface area contributed by atoms with E-state index < -0.39 is 6.10 Å². The lowest BCUT2D eigenvalue weighted by molar-refractivity contribution is -0.0356. The van der Waals surface area contributed by atoms with Crippen LogP contribution in [-0.2, 0) is 9.47 Å². The zero-order valence-corrected chi connectivity index (χ0v) is 8.56. The molecular weight excluding hydrogens is 180 g/mol. The van der Waals surface area contributed by atoms with Crippen LogP contribution in [0.2, 0.25) is 0 Å². The molecule has 0 amide bonds. The molecule has 0 fully saturated rings. The largest absolute Gasteiger partial charge is 0.388 e. The Kier molecular flexibility index (Phi) is 6.88. The standard InChI is InChI=1S/C11H16O3/c1-5-9(3)13-7-11(12)8-14-10(4)6-2/h1-2,9-12H,7-8H2,3-4H3. The van der Waals surface area contributed by atoms with E-state index in [1.807, 2.05) is 0 Å². The molecule has 2 unspecified atom stereocenters. The molecule has 0 heterocycles. The molecule has 0 bridgehead atoms. The molecule has 0 rings (SSSR count). The molecule has 14 heavy (non-hydrogen) atoms. The van der Waals surface area contributed by atoms with E-state index >= 15 is 0 Å². The van der Waals surface area contributed by atoms with Gasteiger partial charge in [0.25, 0.3) is 0 Å². The maximum absolute atomic E-state index is 9.35. The van der Waals surface area contributed by atoms with Crippen molar-refractivity contribution in [3.63, 3.8) is 0 Å². The minimum atomic E-state index is -0.693. The van der Waals surface area contributed by atoms with Crippen molar-refractivity contribution in [2.24, 2.45) is 0 Å². The van der Waals surface area contributed by atoms with Crippen LogP contribution in [0.5, 0.6) is 0 Å². The SMILES string of the molecule is C#CC(C)OCC(O)COC(C)C#C. The Morgan fingerprint density at radius 3 is 1.71 bits per heavy atom. The second kappa shape index (κ2) is 7.41. The minimum Gasteiger partial charge on any atom is -0.388 e. The van der Waals surface area contributed by atoms with Crippen LogP contribution in [-0.4, -0.2) is 36.6 Å². The summed E-state index contributed by atoms with van der Waals surface area (Å²) in [5.74, 6) is 4.78. The second-order valence-electron chi connectivity index (χ2n) is 2.94. The molecule has 0 aliphatic carbocycles. The third-order valence-electron chi connectivity index (χ3n) is 1.55. The fourth-order valence-electron chi connectivity index (χ4n) is 0.655. The average Bonchev–Trinajstić information content (AvgIpc) is 2.22. The molecule has 0 radical (unpaired) electrons. The van der Waals surface area contributed by atoms with Gasteiger partial charge in [-0.05, 0) is 13.8 Å². The average molecular weight is 196 g/mol. The summed E-state index contributed by atoms with van der Waals surface area (Å²) >= 11 is 0. The van der Waals surface area contributed by atoms with Gasteiger partial charge in [0.2, 0.25) is 0 Å². The van der Waals surface area contributed by atoms with Gasteiger partial charge in [-0.1, -0.05) is 11.8 Å². The van der Waals surface area contributed by atoms with Crippen LogP contribution in [0.15, 0.2) is 0 Å². The quantitative estimate of drug-likeness (QED) is 0.626. The summed E-state index contributed by atoms with van der Waals surface area (Å²) < 4.78 is 10.2. The first-order chi connectivity index (χ1) is 6.60. The third-order valence-corrected chi connectivity index (χ3v) is 1.55. The molecule has 0 saturated heterocycles. The lowest BCUT2D eigenvalue weighted by Crippen LogP contribution is -2.25. The van der Waals surface area contributed by atoms with Crippen LogP contribution in [0.3, 0.4) is 0 Å². The Labute approximate surface area is 85.4 Å². The van der Waals surface area contributed by atoms with Crippen molar-refractivity contribution in [1.82, 2.24) is 0 Å². The molecule has 0 aliphatic rings. The van der Waals surface area contributed by atoms with Gasteiger partial charge in [0.15, 0.2) is 0 Å². The van der Waals surface area contributed by atoms with Crippen LogP contribution >= 0.6 is 0 Å². The molecule has 2 atom stereocenters. The first-order valence-electron chi connectivity index (χ1n) is 4.43. The van der Waals surface area contributed by atoms with Crippen LogP contribution < -0.4 is 0 Å². The molecule has 0 aliphatic heterocycles. The third kappa shape index (κ3) is 6.51. The van der Waals surface area contributed by atoms with Crippen molar-refractivity contribution < 1.29 is 14.6 Å². The van der Waals surface area contributed by atoms with E-state index in [4.69, 9.17) is 22.3 Å². The van der Waals surface area contributed by atoms with E-state index in [1.165, 1.54) is 0 Å². The van der Waals surface area contributed by atoms with E-state index in [9.17, 15) is 5.11 Å². The van der Waals surface area contributed by atoms with Gasteiger partial charge < -0.3 is 14.6 Å². The van der Waals surface area contributed by atoms with Crippen LogP contribution in [0.1, 0.15) is 13.8 Å². The highest BCUT2D eigenvalue weighted by molar-refractivity contribution is 4.92. The van der Waals surface area contributed by atoms with Crippen LogP contribution in [0.25, 0.3) is 0 Å². The van der Waals surface area contributed by atoms with Gasteiger partial charge in [-0.25, -0.2) is 0 Å². The van der Waals surface area contributed by atoms with Crippen molar-refractivity contribution in [3.8, 4) is 24.7 Å². The fraction of sp³-hybridized carbons (Fsp3) is 0.636. The first kappa shape index (κ1) is 13.0. The lowest BCUT2D eigenvalue weighted by Gasteiger charge is -2.14. The fourth-order valence-corrected chi connectivity index (χ4v) is 0.655. The van der Waals surface area contributed by atoms with Gasteiger partial charge in [0.05, 0.1) is 13.2 Å². The number of terminal acetylenes is 2. The van der Waals surface area contributed by atoms with E-state index in [0.717, 1.165) is 0 Å². The predicted octanol–water partition coefficient (Wildman–Crippen LogP) is 0.424. The highest BCUT2D eigenvalue weighted by Gasteiger charge is 2.08. The summed E-state index contributed by atoms with van der Waals surface area (Å²) in [5, 5.41) is 9.35. The van der Waals surface area contributed by atoms with Gasteiger partial charge >= 0.3 is 0 Å². The second-order valence-corrected chi connectivity index (χ2v) is 2.94. The normalized spacial score (nSPS) is 16.4. The number of aliphatic hydroxyl groups is 1. The van der Waals surface area contributed by atoms with E-state index in [0.29, 0.717) is 0 Å². The number of ether oxygens (including phenoxy) is 2. The molecule has 0 aromatic rings. The number of rotatable bonds is 6. The Morgan fingerprint density at radius 1 is 1.07 bits per heavy atom. The molecule has 78 valence electrons.